The Morgan fingerprint density at radius 1 is 1.38 bits per heavy atom. The third-order valence-electron chi connectivity index (χ3n) is 4.34. The van der Waals surface area contributed by atoms with Crippen LogP contribution in [0.5, 0.6) is 0 Å². The fraction of sp³-hybridized carbons (Fsp3) is 0.579. The van der Waals surface area contributed by atoms with Gasteiger partial charge in [0.2, 0.25) is 0 Å². The van der Waals surface area contributed by atoms with E-state index in [4.69, 9.17) is 10.5 Å². The van der Waals surface area contributed by atoms with Crippen molar-refractivity contribution in [1.29, 1.82) is 0 Å². The van der Waals surface area contributed by atoms with Gasteiger partial charge < -0.3 is 21.1 Å². The molecular weight excluding hydrogens is 354 g/mol. The van der Waals surface area contributed by atoms with E-state index < -0.39 is 11.6 Å². The van der Waals surface area contributed by atoms with Crippen LogP contribution < -0.4 is 16.4 Å². The monoisotopic (exact) mass is 383 g/mol. The smallest absolute Gasteiger partial charge is 0.253 e. The van der Waals surface area contributed by atoms with Crippen LogP contribution in [-0.4, -0.2) is 36.6 Å². The fourth-order valence-electron chi connectivity index (χ4n) is 3.18. The molecule has 0 aliphatic carbocycles. The van der Waals surface area contributed by atoms with Crippen LogP contribution in [0.2, 0.25) is 0 Å². The highest BCUT2D eigenvalue weighted by molar-refractivity contribution is 5.98. The molecule has 1 fully saturated rings. The molecule has 0 aromatic heterocycles. The number of ether oxygens (including phenoxy) is 1. The normalized spacial score (nSPS) is 18.7. The summed E-state index contributed by atoms with van der Waals surface area (Å²) >= 11 is 0. The molecule has 2 unspecified atom stereocenters. The average molecular weight is 384 g/mol. The predicted octanol–water partition coefficient (Wildman–Crippen LogP) is 2.72. The number of benzene rings is 1. The number of nitrogens with one attached hydrogen (secondary N) is 2. The van der Waals surface area contributed by atoms with Gasteiger partial charge in [-0.2, -0.15) is 0 Å². The van der Waals surface area contributed by atoms with Gasteiger partial charge in [-0.05, 0) is 50.3 Å². The predicted molar refractivity (Wildman–Crippen MR) is 106 cm³/mol. The van der Waals surface area contributed by atoms with Gasteiger partial charge in [0, 0.05) is 29.9 Å². The second-order valence-corrected chi connectivity index (χ2v) is 7.39. The van der Waals surface area contributed by atoms with Gasteiger partial charge in [-0.3, -0.25) is 9.59 Å². The van der Waals surface area contributed by atoms with Gasteiger partial charge in [-0.1, -0.05) is 19.9 Å². The van der Waals surface area contributed by atoms with Crippen molar-refractivity contribution >= 4 is 29.9 Å². The molecule has 2 rings (SSSR count). The maximum absolute atomic E-state index is 12.6. The SMILES string of the molecule is CC(C)CC(C)(CN)NC(=O)c1cccc(NC(=O)C2CCCO2)c1.Cl. The Kier molecular flexibility index (Phi) is 8.53. The molecule has 6 nitrogen and oxygen atoms in total. The van der Waals surface area contributed by atoms with Crippen LogP contribution in [0.1, 0.15) is 50.4 Å². The largest absolute Gasteiger partial charge is 0.368 e. The lowest BCUT2D eigenvalue weighted by molar-refractivity contribution is -0.124. The molecule has 0 bridgehead atoms. The summed E-state index contributed by atoms with van der Waals surface area (Å²) in [7, 11) is 0. The van der Waals surface area contributed by atoms with E-state index in [1.54, 1.807) is 24.3 Å². The number of rotatable bonds is 7. The van der Waals surface area contributed by atoms with E-state index in [1.165, 1.54) is 0 Å². The summed E-state index contributed by atoms with van der Waals surface area (Å²) < 4.78 is 5.38. The number of hydrogen-bond acceptors (Lipinski definition) is 4. The Balaban J connectivity index is 0.00000338. The van der Waals surface area contributed by atoms with Gasteiger partial charge in [-0.15, -0.1) is 12.4 Å². The van der Waals surface area contributed by atoms with Gasteiger partial charge >= 0.3 is 0 Å². The van der Waals surface area contributed by atoms with Gasteiger partial charge in [0.05, 0.1) is 0 Å². The average Bonchev–Trinajstić information content (AvgIpc) is 3.09. The zero-order chi connectivity index (χ0) is 18.4. The summed E-state index contributed by atoms with van der Waals surface area (Å²) in [5, 5.41) is 5.84. The Morgan fingerprint density at radius 3 is 2.69 bits per heavy atom. The lowest BCUT2D eigenvalue weighted by Crippen LogP contribution is -2.52. The number of halogens is 1. The number of carbonyl (C=O) groups is 2. The van der Waals surface area contributed by atoms with Crippen molar-refractivity contribution in [2.75, 3.05) is 18.5 Å². The molecule has 0 spiro atoms. The number of hydrogen-bond donors (Lipinski definition) is 3. The number of amides is 2. The molecule has 1 heterocycles. The Labute approximate surface area is 161 Å². The maximum atomic E-state index is 12.6. The van der Waals surface area contributed by atoms with Crippen LogP contribution in [0, 0.1) is 5.92 Å². The van der Waals surface area contributed by atoms with E-state index in [-0.39, 0.29) is 24.2 Å². The molecule has 2 atom stereocenters. The molecule has 7 heteroatoms. The Morgan fingerprint density at radius 2 is 2.12 bits per heavy atom. The lowest BCUT2D eigenvalue weighted by atomic mass is 9.90. The highest BCUT2D eigenvalue weighted by atomic mass is 35.5. The van der Waals surface area contributed by atoms with Gasteiger partial charge in [0.15, 0.2) is 0 Å². The third kappa shape index (κ3) is 6.27. The second-order valence-electron chi connectivity index (χ2n) is 7.39. The zero-order valence-electron chi connectivity index (χ0n) is 15.7. The highest BCUT2D eigenvalue weighted by Gasteiger charge is 2.27. The molecule has 1 aromatic rings. The molecule has 0 saturated carbocycles. The summed E-state index contributed by atoms with van der Waals surface area (Å²) in [5.74, 6) is 0.0642. The summed E-state index contributed by atoms with van der Waals surface area (Å²) in [4.78, 5) is 24.7. The molecule has 26 heavy (non-hydrogen) atoms. The van der Waals surface area contributed by atoms with Crippen molar-refractivity contribution in [3.05, 3.63) is 29.8 Å². The van der Waals surface area contributed by atoms with Crippen molar-refractivity contribution in [1.82, 2.24) is 5.32 Å². The standard InChI is InChI=1S/C19H29N3O3.ClH/c1-13(2)11-19(3,12-20)22-17(23)14-6-4-7-15(10-14)21-18(24)16-8-5-9-25-16;/h4,6-7,10,13,16H,5,8-9,11-12,20H2,1-3H3,(H,21,24)(H,22,23);1H. The van der Waals surface area contributed by atoms with Gasteiger partial charge in [-0.25, -0.2) is 0 Å². The van der Waals surface area contributed by atoms with E-state index in [0.717, 1.165) is 19.3 Å². The van der Waals surface area contributed by atoms with Gasteiger partial charge in [0.25, 0.3) is 11.8 Å². The third-order valence-corrected chi connectivity index (χ3v) is 4.34. The van der Waals surface area contributed by atoms with Crippen molar-refractivity contribution in [2.24, 2.45) is 11.7 Å². The van der Waals surface area contributed by atoms with Crippen molar-refractivity contribution < 1.29 is 14.3 Å². The van der Waals surface area contributed by atoms with E-state index in [1.807, 2.05) is 6.92 Å². The number of nitrogens with two attached hydrogens (primary N) is 1. The fourth-order valence-corrected chi connectivity index (χ4v) is 3.18. The van der Waals surface area contributed by atoms with E-state index in [2.05, 4.69) is 24.5 Å². The molecule has 146 valence electrons. The molecule has 0 radical (unpaired) electrons. The van der Waals surface area contributed by atoms with Crippen LogP contribution in [-0.2, 0) is 9.53 Å². The first-order chi connectivity index (χ1) is 11.8. The molecule has 4 N–H and O–H groups in total. The van der Waals surface area contributed by atoms with Crippen molar-refractivity contribution in [3.8, 4) is 0 Å². The summed E-state index contributed by atoms with van der Waals surface area (Å²) in [6.45, 7) is 7.14. The van der Waals surface area contributed by atoms with Crippen molar-refractivity contribution in [2.45, 2.75) is 51.7 Å². The van der Waals surface area contributed by atoms with Crippen LogP contribution >= 0.6 is 12.4 Å². The van der Waals surface area contributed by atoms with Crippen LogP contribution in [0.25, 0.3) is 0 Å². The molecule has 1 aromatic carbocycles. The van der Waals surface area contributed by atoms with Gasteiger partial charge in [0.1, 0.15) is 6.10 Å². The minimum absolute atomic E-state index is 0. The summed E-state index contributed by atoms with van der Waals surface area (Å²) in [6, 6.07) is 6.92. The highest BCUT2D eigenvalue weighted by Crippen LogP contribution is 2.19. The molecule has 1 aliphatic rings. The van der Waals surface area contributed by atoms with Crippen LogP contribution in [0.3, 0.4) is 0 Å². The minimum atomic E-state index is -0.456. The van der Waals surface area contributed by atoms with E-state index in [0.29, 0.717) is 30.3 Å². The first-order valence-corrected chi connectivity index (χ1v) is 8.88. The molecule has 2 amide bonds. The molecule has 1 saturated heterocycles. The summed E-state index contributed by atoms with van der Waals surface area (Å²) in [5.41, 5.74) is 6.49. The Bertz CT molecular complexity index is 618. The van der Waals surface area contributed by atoms with E-state index in [9.17, 15) is 9.59 Å². The quantitative estimate of drug-likeness (QED) is 0.674. The first-order valence-electron chi connectivity index (χ1n) is 8.88. The lowest BCUT2D eigenvalue weighted by Gasteiger charge is -2.31. The number of anilines is 1. The zero-order valence-corrected chi connectivity index (χ0v) is 16.5. The van der Waals surface area contributed by atoms with Crippen LogP contribution in [0.4, 0.5) is 5.69 Å². The van der Waals surface area contributed by atoms with Crippen LogP contribution in [0.15, 0.2) is 24.3 Å². The van der Waals surface area contributed by atoms with Crippen molar-refractivity contribution in [3.63, 3.8) is 0 Å². The molecule has 1 aliphatic heterocycles. The number of carbonyl (C=O) groups excluding carboxylic acids is 2. The summed E-state index contributed by atoms with van der Waals surface area (Å²) in [6.07, 6.45) is 2.03. The first kappa shape index (κ1) is 22.4. The molecular formula is C19H30ClN3O3. The maximum Gasteiger partial charge on any atom is 0.253 e. The Hall–Kier alpha value is -1.63. The topological polar surface area (TPSA) is 93.5 Å². The minimum Gasteiger partial charge on any atom is -0.368 e. The second kappa shape index (κ2) is 9.90. The van der Waals surface area contributed by atoms with E-state index >= 15 is 0 Å².